The van der Waals surface area contributed by atoms with E-state index in [0.717, 1.165) is 23.0 Å². The van der Waals surface area contributed by atoms with Crippen LogP contribution in [0.3, 0.4) is 0 Å². The summed E-state index contributed by atoms with van der Waals surface area (Å²) in [5, 5.41) is 3.31. The lowest BCUT2D eigenvalue weighted by atomic mass is 9.99. The lowest BCUT2D eigenvalue weighted by Crippen LogP contribution is -2.17. The summed E-state index contributed by atoms with van der Waals surface area (Å²) in [5.41, 5.74) is 4.24. The van der Waals surface area contributed by atoms with E-state index in [1.54, 1.807) is 12.4 Å². The first-order valence-electron chi connectivity index (χ1n) is 5.73. The molecule has 0 aliphatic rings. The van der Waals surface area contributed by atoms with Gasteiger partial charge in [0.15, 0.2) is 0 Å². The number of hydrogen-bond donors (Lipinski definition) is 1. The van der Waals surface area contributed by atoms with Crippen molar-refractivity contribution >= 4 is 11.0 Å². The summed E-state index contributed by atoms with van der Waals surface area (Å²) in [6.07, 6.45) is 4.37. The van der Waals surface area contributed by atoms with Crippen molar-refractivity contribution < 1.29 is 0 Å². The monoisotopic (exact) mass is 227 g/mol. The minimum atomic E-state index is 0.243. The second kappa shape index (κ2) is 5.06. The molecule has 0 bridgehead atoms. The predicted molar refractivity (Wildman–Crippen MR) is 70.8 cm³/mol. The van der Waals surface area contributed by atoms with Gasteiger partial charge in [-0.1, -0.05) is 17.7 Å². The van der Waals surface area contributed by atoms with E-state index in [1.165, 1.54) is 5.56 Å². The molecule has 3 heteroatoms. The van der Waals surface area contributed by atoms with Crippen molar-refractivity contribution in [2.75, 3.05) is 7.05 Å². The molecule has 0 aliphatic carbocycles. The molecule has 2 aromatic rings. The fourth-order valence-electron chi connectivity index (χ4n) is 2.01. The van der Waals surface area contributed by atoms with Crippen LogP contribution in [0.1, 0.15) is 24.9 Å². The van der Waals surface area contributed by atoms with Gasteiger partial charge in [0.1, 0.15) is 0 Å². The van der Waals surface area contributed by atoms with Crippen LogP contribution in [0.5, 0.6) is 0 Å². The quantitative estimate of drug-likeness (QED) is 0.816. The van der Waals surface area contributed by atoms with Gasteiger partial charge in [-0.3, -0.25) is 9.97 Å². The van der Waals surface area contributed by atoms with E-state index in [2.05, 4.69) is 27.9 Å². The maximum atomic E-state index is 4.43. The molecular weight excluding hydrogens is 210 g/mol. The third-order valence-electron chi connectivity index (χ3n) is 2.81. The Morgan fingerprint density at radius 2 is 2.12 bits per heavy atom. The second-order valence-corrected chi connectivity index (χ2v) is 4.27. The van der Waals surface area contributed by atoms with Crippen molar-refractivity contribution in [3.8, 4) is 0 Å². The van der Waals surface area contributed by atoms with Gasteiger partial charge in [-0.25, -0.2) is 0 Å². The molecule has 0 fully saturated rings. The first-order chi connectivity index (χ1) is 8.22. The van der Waals surface area contributed by atoms with Gasteiger partial charge in [0, 0.05) is 18.4 Å². The van der Waals surface area contributed by atoms with E-state index in [-0.39, 0.29) is 6.04 Å². The van der Waals surface area contributed by atoms with Crippen LogP contribution in [-0.4, -0.2) is 17.0 Å². The zero-order valence-corrected chi connectivity index (χ0v) is 10.3. The molecule has 1 N–H and O–H groups in total. The number of nitrogens with zero attached hydrogens (tertiary/aromatic N) is 2. The Labute approximate surface area is 102 Å². The molecule has 0 saturated carbocycles. The number of aromatic nitrogens is 2. The first-order valence-corrected chi connectivity index (χ1v) is 5.73. The highest BCUT2D eigenvalue weighted by Gasteiger charge is 2.13. The van der Waals surface area contributed by atoms with Crippen molar-refractivity contribution in [2.45, 2.75) is 19.4 Å². The van der Waals surface area contributed by atoms with E-state index >= 15 is 0 Å². The van der Waals surface area contributed by atoms with Gasteiger partial charge >= 0.3 is 0 Å². The number of rotatable bonds is 4. The summed E-state index contributed by atoms with van der Waals surface area (Å²) < 4.78 is 0. The Morgan fingerprint density at radius 3 is 2.82 bits per heavy atom. The zero-order valence-electron chi connectivity index (χ0n) is 10.3. The molecule has 0 aliphatic heterocycles. The summed E-state index contributed by atoms with van der Waals surface area (Å²) in [5.74, 6) is 0. The summed E-state index contributed by atoms with van der Waals surface area (Å²) in [6.45, 7) is 6.02. The van der Waals surface area contributed by atoms with Crippen molar-refractivity contribution in [3.63, 3.8) is 0 Å². The summed E-state index contributed by atoms with van der Waals surface area (Å²) in [7, 11) is 1.96. The molecule has 17 heavy (non-hydrogen) atoms. The molecule has 1 aromatic carbocycles. The van der Waals surface area contributed by atoms with Gasteiger partial charge in [-0.2, -0.15) is 0 Å². The summed E-state index contributed by atoms with van der Waals surface area (Å²) in [4.78, 5) is 8.75. The van der Waals surface area contributed by atoms with Gasteiger partial charge in [0.2, 0.25) is 0 Å². The van der Waals surface area contributed by atoms with Crippen LogP contribution in [-0.2, 0) is 0 Å². The van der Waals surface area contributed by atoms with Crippen LogP contribution in [0.25, 0.3) is 11.0 Å². The average Bonchev–Trinajstić information content (AvgIpc) is 2.35. The summed E-state index contributed by atoms with van der Waals surface area (Å²) in [6, 6.07) is 6.35. The van der Waals surface area contributed by atoms with E-state index in [9.17, 15) is 0 Å². The van der Waals surface area contributed by atoms with Crippen LogP contribution in [0, 0.1) is 0 Å². The number of para-hydroxylation sites is 1. The van der Waals surface area contributed by atoms with Crippen molar-refractivity contribution in [1.82, 2.24) is 15.3 Å². The van der Waals surface area contributed by atoms with E-state index in [0.29, 0.717) is 0 Å². The molecule has 88 valence electrons. The third kappa shape index (κ3) is 2.50. The molecule has 1 aromatic heterocycles. The lowest BCUT2D eigenvalue weighted by molar-refractivity contribution is 0.593. The Hall–Kier alpha value is -1.74. The molecule has 0 radical (unpaired) electrons. The first kappa shape index (κ1) is 11.7. The van der Waals surface area contributed by atoms with Gasteiger partial charge in [-0.05, 0) is 32.0 Å². The highest BCUT2D eigenvalue weighted by atomic mass is 14.9. The van der Waals surface area contributed by atoms with Gasteiger partial charge < -0.3 is 5.32 Å². The zero-order chi connectivity index (χ0) is 12.3. The van der Waals surface area contributed by atoms with E-state index < -0.39 is 0 Å². The molecule has 0 spiro atoms. The van der Waals surface area contributed by atoms with Gasteiger partial charge in [0.25, 0.3) is 0 Å². The number of nitrogens with one attached hydrogen (secondary N) is 1. The second-order valence-electron chi connectivity index (χ2n) is 4.27. The molecule has 0 amide bonds. The van der Waals surface area contributed by atoms with Crippen molar-refractivity contribution in [3.05, 3.63) is 48.3 Å². The largest absolute Gasteiger partial charge is 0.313 e. The topological polar surface area (TPSA) is 37.8 Å². The van der Waals surface area contributed by atoms with Crippen LogP contribution in [0.4, 0.5) is 0 Å². The van der Waals surface area contributed by atoms with Gasteiger partial charge in [0.05, 0.1) is 11.0 Å². The van der Waals surface area contributed by atoms with Crippen LogP contribution in [0.15, 0.2) is 42.7 Å². The Kier molecular flexibility index (Phi) is 3.49. The Balaban J connectivity index is 2.49. The highest BCUT2D eigenvalue weighted by Crippen LogP contribution is 2.25. The minimum Gasteiger partial charge on any atom is -0.313 e. The SMILES string of the molecule is C=C(C)CC(NC)c1cccc2nccnc12. The molecule has 0 saturated heterocycles. The highest BCUT2D eigenvalue weighted by molar-refractivity contribution is 5.78. The van der Waals surface area contributed by atoms with Crippen LogP contribution < -0.4 is 5.32 Å². The number of fused-ring (bicyclic) bond motifs is 1. The molecule has 1 heterocycles. The predicted octanol–water partition coefficient (Wildman–Crippen LogP) is 2.86. The maximum Gasteiger partial charge on any atom is 0.0934 e. The molecule has 2 rings (SSSR count). The normalized spacial score (nSPS) is 12.6. The minimum absolute atomic E-state index is 0.243. The van der Waals surface area contributed by atoms with Crippen LogP contribution >= 0.6 is 0 Å². The molecule has 3 nitrogen and oxygen atoms in total. The fraction of sp³-hybridized carbons (Fsp3) is 0.286. The Morgan fingerprint density at radius 1 is 1.35 bits per heavy atom. The summed E-state index contributed by atoms with van der Waals surface area (Å²) >= 11 is 0. The fourth-order valence-corrected chi connectivity index (χ4v) is 2.01. The third-order valence-corrected chi connectivity index (χ3v) is 2.81. The Bertz CT molecular complexity index is 528. The average molecular weight is 227 g/mol. The van der Waals surface area contributed by atoms with Crippen molar-refractivity contribution in [1.29, 1.82) is 0 Å². The smallest absolute Gasteiger partial charge is 0.0934 e. The molecule has 1 unspecified atom stereocenters. The van der Waals surface area contributed by atoms with Crippen molar-refractivity contribution in [2.24, 2.45) is 0 Å². The standard InChI is InChI=1S/C14H17N3/c1-10(2)9-13(15-3)11-5-4-6-12-14(11)17-8-7-16-12/h4-8,13,15H,1,9H2,2-3H3. The maximum absolute atomic E-state index is 4.43. The van der Waals surface area contributed by atoms with Crippen LogP contribution in [0.2, 0.25) is 0 Å². The molecule has 1 atom stereocenters. The van der Waals surface area contributed by atoms with Gasteiger partial charge in [-0.15, -0.1) is 6.58 Å². The number of hydrogen-bond acceptors (Lipinski definition) is 3. The lowest BCUT2D eigenvalue weighted by Gasteiger charge is -2.17. The molecular formula is C14H17N3. The number of benzene rings is 1. The van der Waals surface area contributed by atoms with E-state index in [4.69, 9.17) is 0 Å². The van der Waals surface area contributed by atoms with E-state index in [1.807, 2.05) is 26.1 Å².